The van der Waals surface area contributed by atoms with Crippen LogP contribution >= 0.6 is 11.8 Å². The van der Waals surface area contributed by atoms with Gasteiger partial charge < -0.3 is 0 Å². The molecular weight excluding hydrogens is 200 g/mol. The molecule has 2 bridgehead atoms. The van der Waals surface area contributed by atoms with E-state index in [0.717, 1.165) is 5.92 Å². The van der Waals surface area contributed by atoms with Crippen molar-refractivity contribution in [1.29, 1.82) is 0 Å². The molecule has 1 aromatic rings. The largest absolute Gasteiger partial charge is 0.0943 e. The van der Waals surface area contributed by atoms with Gasteiger partial charge in [0, 0.05) is 10.8 Å². The molecule has 0 radical (unpaired) electrons. The third-order valence-corrected chi connectivity index (χ3v) is 4.35. The van der Waals surface area contributed by atoms with Gasteiger partial charge in [-0.1, -0.05) is 48.2 Å². The van der Waals surface area contributed by atoms with E-state index in [9.17, 15) is 0 Å². The fourth-order valence-corrected chi connectivity index (χ4v) is 3.39. The molecule has 0 aromatic heterocycles. The molecule has 15 heavy (non-hydrogen) atoms. The molecule has 2 atom stereocenters. The summed E-state index contributed by atoms with van der Waals surface area (Å²) in [4.78, 5) is 2.91. The molecule has 0 saturated carbocycles. The van der Waals surface area contributed by atoms with Crippen LogP contribution in [0.3, 0.4) is 0 Å². The summed E-state index contributed by atoms with van der Waals surface area (Å²) in [5, 5.41) is 0. The molecule has 2 aliphatic rings. The predicted molar refractivity (Wildman–Crippen MR) is 65.7 cm³/mol. The van der Waals surface area contributed by atoms with Gasteiger partial charge in [-0.3, -0.25) is 0 Å². The average Bonchev–Trinajstić information content (AvgIpc) is 2.67. The molecule has 0 amide bonds. The summed E-state index contributed by atoms with van der Waals surface area (Å²) < 4.78 is 0. The number of allylic oxidation sites excluding steroid dienone is 4. The van der Waals surface area contributed by atoms with Gasteiger partial charge in [0.1, 0.15) is 0 Å². The maximum Gasteiger partial charge on any atom is 0.0119 e. The highest BCUT2D eigenvalue weighted by molar-refractivity contribution is 8.03. The first-order chi connectivity index (χ1) is 7.42. The highest BCUT2D eigenvalue weighted by Crippen LogP contribution is 2.43. The zero-order valence-electron chi connectivity index (χ0n) is 8.60. The number of rotatable bonds is 2. The van der Waals surface area contributed by atoms with Gasteiger partial charge in [0.25, 0.3) is 0 Å². The second kappa shape index (κ2) is 3.90. The van der Waals surface area contributed by atoms with Crippen LogP contribution < -0.4 is 0 Å². The Kier molecular flexibility index (Phi) is 2.41. The van der Waals surface area contributed by atoms with E-state index in [1.54, 1.807) is 4.91 Å². The summed E-state index contributed by atoms with van der Waals surface area (Å²) in [6.45, 7) is 0. The Labute approximate surface area is 95.1 Å². The van der Waals surface area contributed by atoms with Gasteiger partial charge in [-0.15, -0.1) is 0 Å². The van der Waals surface area contributed by atoms with E-state index >= 15 is 0 Å². The number of benzene rings is 1. The molecule has 2 aliphatic carbocycles. The predicted octanol–water partition coefficient (Wildman–Crippen LogP) is 4.26. The Hall–Kier alpha value is -0.950. The topological polar surface area (TPSA) is 0 Å². The fourth-order valence-electron chi connectivity index (χ4n) is 2.32. The van der Waals surface area contributed by atoms with Crippen molar-refractivity contribution in [3.05, 3.63) is 53.5 Å². The van der Waals surface area contributed by atoms with E-state index in [2.05, 4.69) is 48.6 Å². The smallest absolute Gasteiger partial charge is 0.0119 e. The maximum absolute atomic E-state index is 2.43. The molecule has 76 valence electrons. The quantitative estimate of drug-likeness (QED) is 0.663. The van der Waals surface area contributed by atoms with Crippen LogP contribution in [0.25, 0.3) is 0 Å². The van der Waals surface area contributed by atoms with Gasteiger partial charge >= 0.3 is 0 Å². The first-order valence-electron chi connectivity index (χ1n) is 5.53. The normalized spacial score (nSPS) is 27.9. The van der Waals surface area contributed by atoms with Crippen LogP contribution in [0.2, 0.25) is 0 Å². The van der Waals surface area contributed by atoms with Crippen molar-refractivity contribution in [2.75, 3.05) is 0 Å². The number of thioether (sulfide) groups is 1. The van der Waals surface area contributed by atoms with Crippen molar-refractivity contribution < 1.29 is 0 Å². The summed E-state index contributed by atoms with van der Waals surface area (Å²) in [6.07, 6.45) is 9.78. The zero-order chi connectivity index (χ0) is 10.1. The SMILES string of the molecule is C1=CC2CC1CC=C2Sc1ccccc1. The van der Waals surface area contributed by atoms with Gasteiger partial charge in [0.05, 0.1) is 0 Å². The summed E-state index contributed by atoms with van der Waals surface area (Å²) in [7, 11) is 0. The molecule has 0 nitrogen and oxygen atoms in total. The van der Waals surface area contributed by atoms with Crippen LogP contribution in [-0.2, 0) is 0 Å². The van der Waals surface area contributed by atoms with E-state index < -0.39 is 0 Å². The summed E-state index contributed by atoms with van der Waals surface area (Å²) in [5.41, 5.74) is 0. The molecule has 0 heterocycles. The van der Waals surface area contributed by atoms with Crippen LogP contribution in [0.15, 0.2) is 58.4 Å². The van der Waals surface area contributed by atoms with E-state index in [0.29, 0.717) is 5.92 Å². The van der Waals surface area contributed by atoms with Gasteiger partial charge in [0.2, 0.25) is 0 Å². The Bertz CT molecular complexity index is 403. The first-order valence-corrected chi connectivity index (χ1v) is 6.35. The van der Waals surface area contributed by atoms with Crippen LogP contribution in [0.5, 0.6) is 0 Å². The van der Waals surface area contributed by atoms with Crippen LogP contribution in [0.1, 0.15) is 12.8 Å². The molecule has 1 heteroatoms. The molecule has 2 unspecified atom stereocenters. The Morgan fingerprint density at radius 1 is 1.07 bits per heavy atom. The minimum Gasteiger partial charge on any atom is -0.0943 e. The van der Waals surface area contributed by atoms with E-state index in [1.165, 1.54) is 17.7 Å². The van der Waals surface area contributed by atoms with E-state index in [4.69, 9.17) is 0 Å². The summed E-state index contributed by atoms with van der Waals surface area (Å²) >= 11 is 1.93. The number of hydrogen-bond donors (Lipinski definition) is 0. The Balaban J connectivity index is 1.79. The lowest BCUT2D eigenvalue weighted by Gasteiger charge is -2.20. The molecule has 3 rings (SSSR count). The minimum absolute atomic E-state index is 0.703. The monoisotopic (exact) mass is 214 g/mol. The fraction of sp³-hybridized carbons (Fsp3) is 0.286. The summed E-state index contributed by atoms with van der Waals surface area (Å²) in [5.74, 6) is 1.53. The lowest BCUT2D eigenvalue weighted by Crippen LogP contribution is -2.04. The van der Waals surface area contributed by atoms with Crippen LogP contribution in [0.4, 0.5) is 0 Å². The molecule has 0 N–H and O–H groups in total. The third-order valence-electron chi connectivity index (χ3n) is 3.14. The van der Waals surface area contributed by atoms with Crippen molar-refractivity contribution in [3.63, 3.8) is 0 Å². The van der Waals surface area contributed by atoms with E-state index in [-0.39, 0.29) is 0 Å². The van der Waals surface area contributed by atoms with Gasteiger partial charge in [-0.2, -0.15) is 0 Å². The number of hydrogen-bond acceptors (Lipinski definition) is 1. The standard InChI is InChI=1S/C14H14S/c1-2-4-13(5-3-1)15-14-9-7-11-6-8-12(14)10-11/h1-6,8-9,11-12H,7,10H2. The lowest BCUT2D eigenvalue weighted by molar-refractivity contribution is 0.555. The third kappa shape index (κ3) is 1.89. The zero-order valence-corrected chi connectivity index (χ0v) is 9.41. The van der Waals surface area contributed by atoms with Crippen LogP contribution in [-0.4, -0.2) is 0 Å². The van der Waals surface area contributed by atoms with E-state index in [1.807, 2.05) is 11.8 Å². The van der Waals surface area contributed by atoms with Crippen molar-refractivity contribution in [2.24, 2.45) is 11.8 Å². The number of fused-ring (bicyclic) bond motifs is 2. The second-order valence-corrected chi connectivity index (χ2v) is 5.39. The molecule has 1 aromatic carbocycles. The van der Waals surface area contributed by atoms with Gasteiger partial charge in [0.15, 0.2) is 0 Å². The van der Waals surface area contributed by atoms with Gasteiger partial charge in [-0.25, -0.2) is 0 Å². The second-order valence-electron chi connectivity index (χ2n) is 4.24. The summed E-state index contributed by atoms with van der Waals surface area (Å²) in [6, 6.07) is 10.7. The van der Waals surface area contributed by atoms with Crippen molar-refractivity contribution in [3.8, 4) is 0 Å². The Morgan fingerprint density at radius 2 is 1.93 bits per heavy atom. The van der Waals surface area contributed by atoms with Crippen molar-refractivity contribution >= 4 is 11.8 Å². The van der Waals surface area contributed by atoms with Crippen LogP contribution in [0, 0.1) is 11.8 Å². The lowest BCUT2D eigenvalue weighted by atomic mass is 9.94. The minimum atomic E-state index is 0.703. The molecule has 0 aliphatic heterocycles. The molecule has 0 fully saturated rings. The highest BCUT2D eigenvalue weighted by atomic mass is 32.2. The molecule has 0 spiro atoms. The molecule has 0 saturated heterocycles. The maximum atomic E-state index is 2.43. The Morgan fingerprint density at radius 3 is 2.80 bits per heavy atom. The highest BCUT2D eigenvalue weighted by Gasteiger charge is 2.26. The molecular formula is C14H14S. The average molecular weight is 214 g/mol. The van der Waals surface area contributed by atoms with Gasteiger partial charge in [-0.05, 0) is 35.8 Å². The first kappa shape index (κ1) is 9.29. The van der Waals surface area contributed by atoms with Crippen molar-refractivity contribution in [1.82, 2.24) is 0 Å². The van der Waals surface area contributed by atoms with Crippen molar-refractivity contribution in [2.45, 2.75) is 17.7 Å².